The molecule has 0 aromatic heterocycles. The van der Waals surface area contributed by atoms with Crippen molar-refractivity contribution in [3.63, 3.8) is 0 Å². The van der Waals surface area contributed by atoms with Gasteiger partial charge in [0.1, 0.15) is 17.2 Å². The number of hydrogen-bond acceptors (Lipinski definition) is 4. The van der Waals surface area contributed by atoms with E-state index < -0.39 is 0 Å². The van der Waals surface area contributed by atoms with Gasteiger partial charge in [0.2, 0.25) is 0 Å². The first-order valence-corrected chi connectivity index (χ1v) is 10.2. The fourth-order valence-corrected chi connectivity index (χ4v) is 3.01. The monoisotopic (exact) mass is 406 g/mol. The van der Waals surface area contributed by atoms with Gasteiger partial charge in [-0.1, -0.05) is 24.3 Å². The van der Waals surface area contributed by atoms with Gasteiger partial charge in [-0.2, -0.15) is 0 Å². The molecule has 4 heteroatoms. The molecule has 0 saturated carbocycles. The number of carbonyl (C=O) groups excluding carboxylic acids is 1. The Hall–Kier alpha value is -3.27. The Morgan fingerprint density at radius 3 is 2.17 bits per heavy atom. The first kappa shape index (κ1) is 23.0. The van der Waals surface area contributed by atoms with Crippen molar-refractivity contribution >= 4 is 11.9 Å². The molecule has 0 bridgehead atoms. The minimum Gasteiger partial charge on any atom is -0.508 e. The average Bonchev–Trinajstić information content (AvgIpc) is 2.72. The van der Waals surface area contributed by atoms with Crippen LogP contribution in [0.1, 0.15) is 54.7 Å². The molecule has 2 aromatic rings. The van der Waals surface area contributed by atoms with E-state index >= 15 is 0 Å². The molecule has 0 spiro atoms. The third-order valence-corrected chi connectivity index (χ3v) is 4.50. The molecule has 0 atom stereocenters. The van der Waals surface area contributed by atoms with Crippen LogP contribution in [0.4, 0.5) is 0 Å². The number of hydrogen-bond donors (Lipinski definition) is 2. The number of ether oxygens (including phenoxy) is 1. The predicted octanol–water partition coefficient (Wildman–Crippen LogP) is 6.02. The van der Waals surface area contributed by atoms with Crippen molar-refractivity contribution in [2.45, 2.75) is 46.6 Å². The standard InChI is InChI=1S/C26H30O4/c1-5-7-9-20-17-21(10-8-6-2)26(30-18(3)4)23(25(20)29)15-16-24(28)19-11-13-22(27)14-12-19/h5-8,11-18,27,29H,9-10H2,1-4H3. The molecule has 0 aliphatic heterocycles. The summed E-state index contributed by atoms with van der Waals surface area (Å²) in [5.41, 5.74) is 2.68. The van der Waals surface area contributed by atoms with Crippen molar-refractivity contribution in [3.8, 4) is 17.2 Å². The minimum absolute atomic E-state index is 0.0879. The van der Waals surface area contributed by atoms with E-state index in [-0.39, 0.29) is 23.4 Å². The Bertz CT molecular complexity index is 948. The Morgan fingerprint density at radius 2 is 1.60 bits per heavy atom. The van der Waals surface area contributed by atoms with Crippen molar-refractivity contribution in [2.24, 2.45) is 0 Å². The van der Waals surface area contributed by atoms with Crippen molar-refractivity contribution in [1.82, 2.24) is 0 Å². The summed E-state index contributed by atoms with van der Waals surface area (Å²) in [6.45, 7) is 7.75. The zero-order valence-corrected chi connectivity index (χ0v) is 18.1. The number of phenolic OH excluding ortho intramolecular Hbond substituents is 2. The first-order chi connectivity index (χ1) is 14.4. The van der Waals surface area contributed by atoms with E-state index in [1.165, 1.54) is 18.2 Å². The van der Waals surface area contributed by atoms with Crippen LogP contribution in [0.25, 0.3) is 6.08 Å². The van der Waals surface area contributed by atoms with Gasteiger partial charge >= 0.3 is 0 Å². The zero-order chi connectivity index (χ0) is 22.1. The van der Waals surface area contributed by atoms with Gasteiger partial charge in [-0.05, 0) is 94.1 Å². The topological polar surface area (TPSA) is 66.8 Å². The second kappa shape index (κ2) is 11.1. The maximum atomic E-state index is 12.6. The molecule has 0 aliphatic carbocycles. The molecule has 0 unspecified atom stereocenters. The number of benzene rings is 2. The van der Waals surface area contributed by atoms with Crippen LogP contribution >= 0.6 is 0 Å². The van der Waals surface area contributed by atoms with E-state index in [9.17, 15) is 15.0 Å². The maximum Gasteiger partial charge on any atom is 0.185 e. The van der Waals surface area contributed by atoms with Crippen molar-refractivity contribution in [3.05, 3.63) is 83.0 Å². The normalized spacial score (nSPS) is 11.9. The molecular formula is C26H30O4. The van der Waals surface area contributed by atoms with Gasteiger partial charge in [0, 0.05) is 5.56 Å². The fraction of sp³-hybridized carbons (Fsp3) is 0.269. The zero-order valence-electron chi connectivity index (χ0n) is 18.1. The number of aromatic hydroxyl groups is 2. The second-order valence-electron chi connectivity index (χ2n) is 7.24. The number of ketones is 1. The smallest absolute Gasteiger partial charge is 0.185 e. The summed E-state index contributed by atoms with van der Waals surface area (Å²) in [5, 5.41) is 20.4. The SMILES string of the molecule is CC=CCc1cc(CC=CC)c(OC(C)C)c(C=CC(=O)c2ccc(O)cc2)c1O. The summed E-state index contributed by atoms with van der Waals surface area (Å²) in [4.78, 5) is 12.6. The largest absolute Gasteiger partial charge is 0.508 e. The van der Waals surface area contributed by atoms with Gasteiger partial charge in [-0.25, -0.2) is 0 Å². The first-order valence-electron chi connectivity index (χ1n) is 10.2. The minimum atomic E-state index is -0.223. The van der Waals surface area contributed by atoms with Crippen LogP contribution < -0.4 is 4.74 Å². The number of carbonyl (C=O) groups is 1. The molecule has 0 radical (unpaired) electrons. The number of allylic oxidation sites excluding steroid dienone is 5. The molecule has 4 nitrogen and oxygen atoms in total. The van der Waals surface area contributed by atoms with E-state index in [4.69, 9.17) is 4.74 Å². The lowest BCUT2D eigenvalue weighted by Crippen LogP contribution is -2.10. The van der Waals surface area contributed by atoms with Crippen LogP contribution in [0.15, 0.2) is 60.7 Å². The Morgan fingerprint density at radius 1 is 1.00 bits per heavy atom. The van der Waals surface area contributed by atoms with Crippen LogP contribution in [0, 0.1) is 0 Å². The van der Waals surface area contributed by atoms with E-state index in [2.05, 4.69) is 0 Å². The summed E-state index contributed by atoms with van der Waals surface area (Å²) in [6.07, 6.45) is 12.1. The average molecular weight is 407 g/mol. The molecule has 158 valence electrons. The summed E-state index contributed by atoms with van der Waals surface area (Å²) in [7, 11) is 0. The van der Waals surface area contributed by atoms with Crippen LogP contribution in [0.3, 0.4) is 0 Å². The van der Waals surface area contributed by atoms with E-state index in [1.807, 2.05) is 58.1 Å². The highest BCUT2D eigenvalue weighted by molar-refractivity contribution is 6.07. The highest BCUT2D eigenvalue weighted by Gasteiger charge is 2.18. The molecule has 0 aliphatic rings. The Balaban J connectivity index is 2.56. The highest BCUT2D eigenvalue weighted by atomic mass is 16.5. The van der Waals surface area contributed by atoms with Gasteiger partial charge in [-0.3, -0.25) is 4.79 Å². The Kier molecular flexibility index (Phi) is 8.48. The molecule has 2 rings (SSSR count). The predicted molar refractivity (Wildman–Crippen MR) is 122 cm³/mol. The lowest BCUT2D eigenvalue weighted by molar-refractivity contribution is 0.104. The lowest BCUT2D eigenvalue weighted by Gasteiger charge is -2.19. The molecule has 30 heavy (non-hydrogen) atoms. The number of rotatable bonds is 9. The maximum absolute atomic E-state index is 12.6. The van der Waals surface area contributed by atoms with Gasteiger partial charge in [-0.15, -0.1) is 0 Å². The summed E-state index contributed by atoms with van der Waals surface area (Å²) < 4.78 is 6.06. The van der Waals surface area contributed by atoms with E-state index in [1.54, 1.807) is 18.2 Å². The summed E-state index contributed by atoms with van der Waals surface area (Å²) in [5.74, 6) is 0.576. The molecule has 2 N–H and O–H groups in total. The molecule has 0 saturated heterocycles. The van der Waals surface area contributed by atoms with Gasteiger partial charge in [0.15, 0.2) is 5.78 Å². The Labute approximate surface area is 178 Å². The van der Waals surface area contributed by atoms with Crippen molar-refractivity contribution < 1.29 is 19.7 Å². The quantitative estimate of drug-likeness (QED) is 0.304. The molecule has 0 amide bonds. The van der Waals surface area contributed by atoms with Crippen molar-refractivity contribution in [2.75, 3.05) is 0 Å². The van der Waals surface area contributed by atoms with E-state index in [0.29, 0.717) is 29.7 Å². The van der Waals surface area contributed by atoms with Crippen LogP contribution in [-0.2, 0) is 12.8 Å². The fourth-order valence-electron chi connectivity index (χ4n) is 3.01. The molecule has 2 aromatic carbocycles. The molecular weight excluding hydrogens is 376 g/mol. The lowest BCUT2D eigenvalue weighted by atomic mass is 9.97. The summed E-state index contributed by atoms with van der Waals surface area (Å²) in [6, 6.07) is 8.03. The van der Waals surface area contributed by atoms with Crippen LogP contribution in [0.2, 0.25) is 0 Å². The molecule has 0 fully saturated rings. The van der Waals surface area contributed by atoms with Gasteiger partial charge < -0.3 is 14.9 Å². The molecule has 0 heterocycles. The van der Waals surface area contributed by atoms with Crippen LogP contribution in [0.5, 0.6) is 17.2 Å². The van der Waals surface area contributed by atoms with Crippen LogP contribution in [-0.4, -0.2) is 22.1 Å². The second-order valence-corrected chi connectivity index (χ2v) is 7.24. The highest BCUT2D eigenvalue weighted by Crippen LogP contribution is 2.38. The van der Waals surface area contributed by atoms with Gasteiger partial charge in [0.05, 0.1) is 11.7 Å². The third-order valence-electron chi connectivity index (χ3n) is 4.50. The van der Waals surface area contributed by atoms with Gasteiger partial charge in [0.25, 0.3) is 0 Å². The van der Waals surface area contributed by atoms with Crippen molar-refractivity contribution in [1.29, 1.82) is 0 Å². The third kappa shape index (κ3) is 6.11. The summed E-state index contributed by atoms with van der Waals surface area (Å²) >= 11 is 0. The number of phenols is 2. The van der Waals surface area contributed by atoms with E-state index in [0.717, 1.165) is 11.1 Å².